The monoisotopic (exact) mass is 1100 g/mol. The van der Waals surface area contributed by atoms with Crippen LogP contribution in [0.3, 0.4) is 0 Å². The maximum Gasteiger partial charge on any atom is 0.306 e. The molecule has 80 heavy (non-hydrogen) atoms. The molecule has 0 heterocycles. The SMILES string of the molecule is CC/C=C\C/C=C\C/C=C\C/C=C\C/C=C\C/C=C\C/C=C\CCCC(=O)OC(COC(=O)CCCCCCC/C=C\CCCCCCC)COC(=O)CCCCCCCCCCC/C=C\C/C=C\C/C=C\C/C=C\C/C=C\CC. The first-order valence-electron chi connectivity index (χ1n) is 32.5. The van der Waals surface area contributed by atoms with Gasteiger partial charge in [-0.25, -0.2) is 0 Å². The fourth-order valence-corrected chi connectivity index (χ4v) is 8.45. The van der Waals surface area contributed by atoms with Crippen molar-refractivity contribution in [3.63, 3.8) is 0 Å². The molecule has 0 aromatic carbocycles. The Kier molecular flexibility index (Phi) is 62.4. The lowest BCUT2D eigenvalue weighted by molar-refractivity contribution is -0.167. The second-order valence-electron chi connectivity index (χ2n) is 20.9. The second kappa shape index (κ2) is 66.5. The lowest BCUT2D eigenvalue weighted by Gasteiger charge is -2.18. The number of ether oxygens (including phenoxy) is 3. The van der Waals surface area contributed by atoms with Gasteiger partial charge in [0.1, 0.15) is 13.2 Å². The molecule has 0 bridgehead atoms. The molecule has 0 saturated carbocycles. The highest BCUT2D eigenvalue weighted by atomic mass is 16.6. The fourth-order valence-electron chi connectivity index (χ4n) is 8.45. The van der Waals surface area contributed by atoms with E-state index >= 15 is 0 Å². The Hall–Kier alpha value is -4.97. The van der Waals surface area contributed by atoms with Crippen molar-refractivity contribution in [1.29, 1.82) is 0 Å². The smallest absolute Gasteiger partial charge is 0.306 e. The van der Waals surface area contributed by atoms with Gasteiger partial charge in [-0.2, -0.15) is 0 Å². The van der Waals surface area contributed by atoms with Gasteiger partial charge >= 0.3 is 17.9 Å². The van der Waals surface area contributed by atoms with Crippen molar-refractivity contribution in [2.45, 2.75) is 277 Å². The van der Waals surface area contributed by atoms with E-state index in [-0.39, 0.29) is 37.5 Å². The molecule has 1 atom stereocenters. The van der Waals surface area contributed by atoms with Crippen molar-refractivity contribution in [3.05, 3.63) is 158 Å². The Bertz CT molecular complexity index is 1790. The third kappa shape index (κ3) is 63.9. The van der Waals surface area contributed by atoms with Gasteiger partial charge in [0.05, 0.1) is 0 Å². The van der Waals surface area contributed by atoms with Gasteiger partial charge < -0.3 is 14.2 Å². The Morgan fingerprint density at radius 1 is 0.263 bits per heavy atom. The van der Waals surface area contributed by atoms with Gasteiger partial charge in [0, 0.05) is 19.3 Å². The van der Waals surface area contributed by atoms with E-state index in [1.165, 1.54) is 83.5 Å². The summed E-state index contributed by atoms with van der Waals surface area (Å²) in [6, 6.07) is 0. The standard InChI is InChI=1S/C74H118O6/c1-4-7-10-13-16-19-22-25-28-30-32-34-36-37-39-40-42-44-46-49-52-55-58-61-64-67-73(76)79-70-71(69-78-72(75)66-63-60-57-54-51-48-27-24-21-18-15-12-9-6-3)80-74(77)68-65-62-59-56-53-50-47-45-43-41-38-35-33-31-29-26-23-20-17-14-11-8-5-2/h7-8,10-11,16-17,19-20,24-29,32-35,37,39,41,43,47,50,56,59,71H,4-6,9,12-15,18,21-23,30-31,36,38,40,42,44-46,48-49,51-55,57-58,60-70H2,1-3H3/b10-7-,11-8-,19-16-,20-17-,27-24-,28-25-,29-26-,34-32-,35-33-,39-37-,43-41-,50-47-,59-56-. The molecule has 0 amide bonds. The molecule has 0 N–H and O–H groups in total. The number of carbonyl (C=O) groups is 3. The van der Waals surface area contributed by atoms with Crippen LogP contribution >= 0.6 is 0 Å². The van der Waals surface area contributed by atoms with Crippen molar-refractivity contribution >= 4 is 17.9 Å². The molecule has 1 unspecified atom stereocenters. The molecule has 0 aliphatic carbocycles. The van der Waals surface area contributed by atoms with E-state index in [2.05, 4.69) is 179 Å². The third-order valence-electron chi connectivity index (χ3n) is 13.2. The Labute approximate surface area is 492 Å². The molecule has 0 aromatic rings. The third-order valence-corrected chi connectivity index (χ3v) is 13.2. The highest BCUT2D eigenvalue weighted by Gasteiger charge is 2.19. The van der Waals surface area contributed by atoms with Crippen LogP contribution in [-0.2, 0) is 28.6 Å². The summed E-state index contributed by atoms with van der Waals surface area (Å²) < 4.78 is 16.9. The first-order valence-corrected chi connectivity index (χ1v) is 32.5. The molecule has 0 aromatic heterocycles. The predicted octanol–water partition coefficient (Wildman–Crippen LogP) is 22.5. The average Bonchev–Trinajstić information content (AvgIpc) is 3.46. The molecule has 0 spiro atoms. The number of allylic oxidation sites excluding steroid dienone is 26. The topological polar surface area (TPSA) is 78.9 Å². The zero-order chi connectivity index (χ0) is 57.8. The van der Waals surface area contributed by atoms with Crippen molar-refractivity contribution < 1.29 is 28.6 Å². The first kappa shape index (κ1) is 75.0. The molecular weight excluding hydrogens is 985 g/mol. The molecule has 0 aliphatic rings. The molecule has 0 aliphatic heterocycles. The Morgan fingerprint density at radius 2 is 0.500 bits per heavy atom. The zero-order valence-electron chi connectivity index (χ0n) is 51.5. The van der Waals surface area contributed by atoms with Crippen LogP contribution in [0.25, 0.3) is 0 Å². The molecule has 6 nitrogen and oxygen atoms in total. The average molecular weight is 1100 g/mol. The van der Waals surface area contributed by atoms with Crippen LogP contribution in [0.5, 0.6) is 0 Å². The fraction of sp³-hybridized carbons (Fsp3) is 0.608. The molecule has 0 radical (unpaired) electrons. The van der Waals surface area contributed by atoms with Gasteiger partial charge in [0.2, 0.25) is 0 Å². The van der Waals surface area contributed by atoms with Gasteiger partial charge in [-0.15, -0.1) is 0 Å². The zero-order valence-corrected chi connectivity index (χ0v) is 51.5. The molecule has 0 saturated heterocycles. The molecule has 0 rings (SSSR count). The number of unbranched alkanes of at least 4 members (excludes halogenated alkanes) is 20. The van der Waals surface area contributed by atoms with Crippen molar-refractivity contribution in [2.75, 3.05) is 13.2 Å². The van der Waals surface area contributed by atoms with Crippen LogP contribution in [-0.4, -0.2) is 37.2 Å². The van der Waals surface area contributed by atoms with Gasteiger partial charge in [0.25, 0.3) is 0 Å². The number of hydrogen-bond donors (Lipinski definition) is 0. The number of carbonyl (C=O) groups excluding carboxylic acids is 3. The van der Waals surface area contributed by atoms with E-state index in [9.17, 15) is 14.4 Å². The predicted molar refractivity (Wildman–Crippen MR) is 348 cm³/mol. The first-order chi connectivity index (χ1) is 39.5. The number of esters is 3. The maximum absolute atomic E-state index is 12.9. The quantitative estimate of drug-likeness (QED) is 0.0261. The van der Waals surface area contributed by atoms with Gasteiger partial charge in [0.15, 0.2) is 6.10 Å². The van der Waals surface area contributed by atoms with Crippen LogP contribution < -0.4 is 0 Å². The van der Waals surface area contributed by atoms with Crippen molar-refractivity contribution in [3.8, 4) is 0 Å². The Morgan fingerprint density at radius 3 is 0.812 bits per heavy atom. The van der Waals surface area contributed by atoms with E-state index in [0.29, 0.717) is 19.3 Å². The number of rotatable bonds is 57. The van der Waals surface area contributed by atoms with E-state index in [1.54, 1.807) is 0 Å². The molecular formula is C74H118O6. The van der Waals surface area contributed by atoms with E-state index in [0.717, 1.165) is 141 Å². The van der Waals surface area contributed by atoms with Crippen LogP contribution in [0, 0.1) is 0 Å². The minimum Gasteiger partial charge on any atom is -0.462 e. The summed E-state index contributed by atoms with van der Waals surface area (Å²) in [4.78, 5) is 38.3. The lowest BCUT2D eigenvalue weighted by atomic mass is 10.1. The lowest BCUT2D eigenvalue weighted by Crippen LogP contribution is -2.30. The Balaban J connectivity index is 4.49. The van der Waals surface area contributed by atoms with E-state index in [1.807, 2.05) is 0 Å². The summed E-state index contributed by atoms with van der Waals surface area (Å²) in [5.74, 6) is -0.989. The highest BCUT2D eigenvalue weighted by molar-refractivity contribution is 5.71. The summed E-state index contributed by atoms with van der Waals surface area (Å²) in [6.07, 6.45) is 96.8. The summed E-state index contributed by atoms with van der Waals surface area (Å²) in [6.45, 7) is 6.35. The van der Waals surface area contributed by atoms with Crippen molar-refractivity contribution in [1.82, 2.24) is 0 Å². The summed E-state index contributed by atoms with van der Waals surface area (Å²) >= 11 is 0. The second-order valence-corrected chi connectivity index (χ2v) is 20.9. The van der Waals surface area contributed by atoms with Gasteiger partial charge in [-0.1, -0.05) is 269 Å². The van der Waals surface area contributed by atoms with Crippen LogP contribution in [0.2, 0.25) is 0 Å². The van der Waals surface area contributed by atoms with E-state index < -0.39 is 6.10 Å². The molecule has 6 heteroatoms. The van der Waals surface area contributed by atoms with Gasteiger partial charge in [-0.3, -0.25) is 14.4 Å². The summed E-state index contributed by atoms with van der Waals surface area (Å²) in [5, 5.41) is 0. The normalized spacial score (nSPS) is 13.2. The minimum absolute atomic E-state index is 0.113. The largest absolute Gasteiger partial charge is 0.462 e. The molecule has 450 valence electrons. The van der Waals surface area contributed by atoms with Gasteiger partial charge in [-0.05, 0) is 141 Å². The molecule has 0 fully saturated rings. The van der Waals surface area contributed by atoms with E-state index in [4.69, 9.17) is 14.2 Å². The van der Waals surface area contributed by atoms with Crippen LogP contribution in [0.1, 0.15) is 271 Å². The van der Waals surface area contributed by atoms with Crippen LogP contribution in [0.4, 0.5) is 0 Å². The van der Waals surface area contributed by atoms with Crippen LogP contribution in [0.15, 0.2) is 158 Å². The summed E-state index contributed by atoms with van der Waals surface area (Å²) in [7, 11) is 0. The minimum atomic E-state index is -0.824. The maximum atomic E-state index is 12.9. The highest BCUT2D eigenvalue weighted by Crippen LogP contribution is 2.14. The van der Waals surface area contributed by atoms with Crippen molar-refractivity contribution in [2.24, 2.45) is 0 Å². The number of hydrogen-bond acceptors (Lipinski definition) is 6. The summed E-state index contributed by atoms with van der Waals surface area (Å²) in [5.41, 5.74) is 0.